The Kier molecular flexibility index (Phi) is 10.7. The fourth-order valence-corrected chi connectivity index (χ4v) is 6.39. The van der Waals surface area contributed by atoms with Crippen LogP contribution >= 0.6 is 0 Å². The first-order valence-electron chi connectivity index (χ1n) is 13.8. The third-order valence-corrected chi connectivity index (χ3v) is 9.28. The van der Waals surface area contributed by atoms with E-state index in [1.165, 1.54) is 14.6 Å². The average molecular weight is 562 g/mol. The molecule has 1 spiro atoms. The molecule has 3 amide bonds. The molecule has 2 aliphatic heterocycles. The van der Waals surface area contributed by atoms with Crippen molar-refractivity contribution in [1.82, 2.24) is 9.62 Å². The number of primary amides is 1. The Morgan fingerprint density at radius 3 is 2.23 bits per heavy atom. The lowest BCUT2D eigenvalue weighted by atomic mass is 9.89. The summed E-state index contributed by atoms with van der Waals surface area (Å²) in [6.45, 7) is 4.43. The number of aryl methyl sites for hydroxylation is 2. The minimum Gasteiger partial charge on any atom is -0.396 e. The van der Waals surface area contributed by atoms with Crippen molar-refractivity contribution in [3.63, 3.8) is 0 Å². The van der Waals surface area contributed by atoms with Gasteiger partial charge in [-0.2, -0.15) is 4.31 Å². The number of piperidine rings is 1. The van der Waals surface area contributed by atoms with E-state index in [4.69, 9.17) is 15.8 Å². The number of unbranched alkanes of at least 4 members (excludes halogenated alkanes) is 6. The van der Waals surface area contributed by atoms with E-state index in [9.17, 15) is 18.0 Å². The zero-order valence-corrected chi connectivity index (χ0v) is 24.2. The lowest BCUT2D eigenvalue weighted by Gasteiger charge is -2.34. The highest BCUT2D eigenvalue weighted by Crippen LogP contribution is 2.32. The van der Waals surface area contributed by atoms with Gasteiger partial charge in [0.05, 0.1) is 0 Å². The highest BCUT2D eigenvalue weighted by molar-refractivity contribution is 7.92. The molecule has 3 rings (SSSR count). The van der Waals surface area contributed by atoms with Crippen LogP contribution < -0.4 is 16.0 Å². The lowest BCUT2D eigenvalue weighted by Crippen LogP contribution is -2.50. The maximum absolute atomic E-state index is 13.1. The number of amides is 3. The largest absolute Gasteiger partial charge is 0.396 e. The Morgan fingerprint density at radius 2 is 1.67 bits per heavy atom. The maximum Gasteiger partial charge on any atom is 0.318 e. The molecule has 0 saturated carbocycles. The minimum absolute atomic E-state index is 0.124. The van der Waals surface area contributed by atoms with E-state index in [0.29, 0.717) is 24.4 Å². The van der Waals surface area contributed by atoms with Crippen molar-refractivity contribution >= 4 is 39.6 Å². The van der Waals surface area contributed by atoms with E-state index in [1.807, 2.05) is 13.8 Å². The highest BCUT2D eigenvalue weighted by Gasteiger charge is 2.46. The van der Waals surface area contributed by atoms with Gasteiger partial charge >= 0.3 is 6.03 Å². The number of carbonyl (C=O) groups is 2. The van der Waals surface area contributed by atoms with Crippen LogP contribution in [0.3, 0.4) is 0 Å². The number of anilines is 1. The van der Waals surface area contributed by atoms with Crippen molar-refractivity contribution in [2.45, 2.75) is 83.6 Å². The number of nitrogens with two attached hydrogens (primary N) is 1. The monoisotopic (exact) mass is 561 g/mol. The van der Waals surface area contributed by atoms with Crippen LogP contribution in [0.2, 0.25) is 0 Å². The van der Waals surface area contributed by atoms with Crippen LogP contribution in [0.5, 0.6) is 0 Å². The first kappa shape index (κ1) is 30.8. The lowest BCUT2D eigenvalue weighted by molar-refractivity contribution is -0.124. The van der Waals surface area contributed by atoms with Crippen molar-refractivity contribution < 1.29 is 23.1 Å². The second-order valence-electron chi connectivity index (χ2n) is 10.6. The zero-order chi connectivity index (χ0) is 28.6. The fourth-order valence-electron chi connectivity index (χ4n) is 5.22. The van der Waals surface area contributed by atoms with Crippen LogP contribution in [0, 0.1) is 13.8 Å². The summed E-state index contributed by atoms with van der Waals surface area (Å²) in [5.41, 5.74) is 7.56. The maximum atomic E-state index is 13.1. The Balaban J connectivity index is 1.55. The van der Waals surface area contributed by atoms with Crippen LogP contribution in [-0.2, 0) is 14.8 Å². The van der Waals surface area contributed by atoms with Crippen LogP contribution in [0.4, 0.5) is 10.5 Å². The number of rotatable bonds is 13. The van der Waals surface area contributed by atoms with Crippen LogP contribution in [0.1, 0.15) is 80.9 Å². The molecule has 0 aromatic heterocycles. The molecule has 1 aromatic carbocycles. The van der Waals surface area contributed by atoms with Crippen LogP contribution in [0.25, 0.3) is 6.08 Å². The van der Waals surface area contributed by atoms with Gasteiger partial charge < -0.3 is 16.2 Å². The Bertz CT molecular complexity index is 1180. The van der Waals surface area contributed by atoms with Gasteiger partial charge in [-0.1, -0.05) is 32.1 Å². The summed E-state index contributed by atoms with van der Waals surface area (Å²) in [5.74, 6) is 0.592. The molecule has 1 fully saturated rings. The fraction of sp³-hybridized carbons (Fsp3) is 0.607. The number of hydrogen-bond donors (Lipinski definition) is 3. The minimum atomic E-state index is -3.69. The summed E-state index contributed by atoms with van der Waals surface area (Å²) in [6, 6.07) is 3.01. The number of aliphatic hydroxyl groups excluding tert-OH is 1. The number of carbonyl (C=O) groups excluding carboxylic acids is 2. The van der Waals surface area contributed by atoms with Gasteiger partial charge in [-0.25, -0.2) is 13.2 Å². The van der Waals surface area contributed by atoms with Gasteiger partial charge in [-0.05, 0) is 74.4 Å². The first-order valence-corrected chi connectivity index (χ1v) is 15.3. The molecule has 39 heavy (non-hydrogen) atoms. The highest BCUT2D eigenvalue weighted by atomic mass is 32.2. The third-order valence-electron chi connectivity index (χ3n) is 7.71. The molecular weight excluding hydrogens is 518 g/mol. The number of benzene rings is 1. The summed E-state index contributed by atoms with van der Waals surface area (Å²) in [6.07, 6.45) is 10.4. The molecule has 1 aromatic rings. The van der Waals surface area contributed by atoms with E-state index in [2.05, 4.69) is 5.32 Å². The van der Waals surface area contributed by atoms with E-state index in [1.54, 1.807) is 25.3 Å². The number of amidine groups is 1. The molecule has 216 valence electrons. The number of nitrogens with zero attached hydrogens (tertiary/aromatic N) is 3. The number of aliphatic hydroxyl groups is 1. The van der Waals surface area contributed by atoms with Crippen LogP contribution in [0.15, 0.2) is 22.5 Å². The molecule has 2 heterocycles. The van der Waals surface area contributed by atoms with Gasteiger partial charge in [0.15, 0.2) is 0 Å². The Morgan fingerprint density at radius 1 is 1.10 bits per heavy atom. The predicted octanol–water partition coefficient (Wildman–Crippen LogP) is 3.59. The Labute approximate surface area is 232 Å². The van der Waals surface area contributed by atoms with Gasteiger partial charge in [-0.15, -0.1) is 0 Å². The second-order valence-corrected chi connectivity index (χ2v) is 12.4. The summed E-state index contributed by atoms with van der Waals surface area (Å²) < 4.78 is 27.6. The zero-order valence-electron chi connectivity index (χ0n) is 23.4. The van der Waals surface area contributed by atoms with Crippen molar-refractivity contribution in [1.29, 1.82) is 0 Å². The van der Waals surface area contributed by atoms with Crippen molar-refractivity contribution in [3.05, 3.63) is 34.2 Å². The number of sulfonamides is 1. The molecule has 4 N–H and O–H groups in total. The summed E-state index contributed by atoms with van der Waals surface area (Å²) >= 11 is 0. The number of nitrogens with one attached hydrogen (secondary N) is 1. The SMILES string of the molecule is Cc1cc(N(C)C(N)=O)cc(C)c1/C=C/S(=O)(=O)N1CCC2(CC1)N=C(CCCCCCCCCO)NC2=O. The normalized spacial score (nSPS) is 17.5. The van der Waals surface area contributed by atoms with Crippen molar-refractivity contribution in [2.75, 3.05) is 31.6 Å². The quantitative estimate of drug-likeness (QED) is 0.315. The molecular formula is C28H43N5O5S. The smallest absolute Gasteiger partial charge is 0.318 e. The molecule has 1 saturated heterocycles. The molecule has 11 heteroatoms. The molecule has 2 aliphatic rings. The molecule has 0 radical (unpaired) electrons. The van der Waals surface area contributed by atoms with Gasteiger partial charge in [0.1, 0.15) is 11.4 Å². The number of aliphatic imine (C=N–C) groups is 1. The second kappa shape index (κ2) is 13.5. The van der Waals surface area contributed by atoms with E-state index >= 15 is 0 Å². The summed E-state index contributed by atoms with van der Waals surface area (Å²) in [5, 5.41) is 13.0. The molecule has 0 bridgehead atoms. The first-order chi connectivity index (χ1) is 18.5. The summed E-state index contributed by atoms with van der Waals surface area (Å²) in [7, 11) is -2.10. The average Bonchev–Trinajstić information content (AvgIpc) is 3.18. The van der Waals surface area contributed by atoms with Gasteiger partial charge in [0.25, 0.3) is 5.91 Å². The number of hydrogen-bond acceptors (Lipinski definition) is 6. The topological polar surface area (TPSA) is 145 Å². The van der Waals surface area contributed by atoms with Gasteiger partial charge in [0, 0.05) is 44.3 Å². The summed E-state index contributed by atoms with van der Waals surface area (Å²) in [4.78, 5) is 30.4. The molecule has 0 aliphatic carbocycles. The van der Waals surface area contributed by atoms with E-state index < -0.39 is 21.6 Å². The van der Waals surface area contributed by atoms with Gasteiger partial charge in [0.2, 0.25) is 10.0 Å². The standard InChI is InChI=1S/C28H43N5O5S/c1-21-19-23(32(3)27(29)36)20-22(2)24(21)12-18-39(37,38)33-15-13-28(14-16-33)26(35)30-25(31-28)11-9-7-5-4-6-8-10-17-34/h12,18-20,34H,4-11,13-17H2,1-3H3,(H2,29,36)(H,30,31,35)/b18-12+. The Hall–Kier alpha value is -2.76. The van der Waals surface area contributed by atoms with Crippen molar-refractivity contribution in [2.24, 2.45) is 10.7 Å². The van der Waals surface area contributed by atoms with E-state index in [0.717, 1.165) is 68.1 Å². The molecule has 10 nitrogen and oxygen atoms in total. The van der Waals surface area contributed by atoms with Crippen LogP contribution in [-0.4, -0.2) is 67.9 Å². The predicted molar refractivity (Wildman–Crippen MR) is 155 cm³/mol. The van der Waals surface area contributed by atoms with Crippen molar-refractivity contribution in [3.8, 4) is 0 Å². The number of urea groups is 1. The molecule has 0 unspecified atom stereocenters. The molecule has 0 atom stereocenters. The van der Waals surface area contributed by atoms with Gasteiger partial charge in [-0.3, -0.25) is 14.7 Å². The third kappa shape index (κ3) is 7.89. The van der Waals surface area contributed by atoms with E-state index in [-0.39, 0.29) is 25.6 Å².